The molecule has 0 bridgehead atoms. The molecule has 4 heteroatoms. The summed E-state index contributed by atoms with van der Waals surface area (Å²) in [4.78, 5) is 11.7. The van der Waals surface area contributed by atoms with Gasteiger partial charge in [-0.3, -0.25) is 4.79 Å². The molecule has 0 fully saturated rings. The third kappa shape index (κ3) is 5.61. The number of rotatable bonds is 5. The fourth-order valence-corrected chi connectivity index (χ4v) is 1.74. The minimum atomic E-state index is -0.366. The van der Waals surface area contributed by atoms with E-state index >= 15 is 0 Å². The summed E-state index contributed by atoms with van der Waals surface area (Å²) < 4.78 is 13.0. The number of hydrogen-bond acceptors (Lipinski definition) is 2. The Balaban J connectivity index is 2.47. The van der Waals surface area contributed by atoms with Gasteiger partial charge in [-0.1, -0.05) is 11.6 Å². The Labute approximate surface area is 113 Å². The van der Waals surface area contributed by atoms with Gasteiger partial charge in [0, 0.05) is 29.9 Å². The zero-order valence-electron chi connectivity index (χ0n) is 11.0. The van der Waals surface area contributed by atoms with Crippen LogP contribution in [-0.4, -0.2) is 17.9 Å². The second kappa shape index (κ2) is 6.30. The van der Waals surface area contributed by atoms with Gasteiger partial charge in [-0.15, -0.1) is 0 Å². The lowest BCUT2D eigenvalue weighted by Gasteiger charge is -2.20. The normalized spacial score (nSPS) is 11.6. The van der Waals surface area contributed by atoms with E-state index in [2.05, 4.69) is 5.32 Å². The van der Waals surface area contributed by atoms with Gasteiger partial charge in [-0.2, -0.15) is 0 Å². The van der Waals surface area contributed by atoms with Gasteiger partial charge in [0.05, 0.1) is 0 Å². The van der Waals surface area contributed by atoms with Crippen molar-refractivity contribution in [1.82, 2.24) is 5.32 Å². The van der Waals surface area contributed by atoms with Crippen molar-refractivity contribution in [2.75, 3.05) is 6.54 Å². The molecule has 0 aromatic heterocycles. The average molecular weight is 272 g/mol. The van der Waals surface area contributed by atoms with E-state index in [0.29, 0.717) is 23.6 Å². The number of carbonyl (C=O) groups is 1. The Morgan fingerprint density at radius 1 is 1.39 bits per heavy atom. The largest absolute Gasteiger partial charge is 0.312 e. The van der Waals surface area contributed by atoms with Crippen LogP contribution in [0, 0.1) is 5.82 Å². The summed E-state index contributed by atoms with van der Waals surface area (Å²) in [5, 5.41) is 3.68. The van der Waals surface area contributed by atoms with Gasteiger partial charge < -0.3 is 5.32 Å². The molecule has 0 atom stereocenters. The minimum Gasteiger partial charge on any atom is -0.312 e. The average Bonchev–Trinajstić information content (AvgIpc) is 2.21. The smallest absolute Gasteiger partial charge is 0.138 e. The van der Waals surface area contributed by atoms with E-state index < -0.39 is 0 Å². The van der Waals surface area contributed by atoms with E-state index in [0.717, 1.165) is 0 Å². The quantitative estimate of drug-likeness (QED) is 0.890. The van der Waals surface area contributed by atoms with E-state index in [1.165, 1.54) is 18.2 Å². The van der Waals surface area contributed by atoms with Crippen LogP contribution in [-0.2, 0) is 11.2 Å². The Morgan fingerprint density at radius 3 is 2.67 bits per heavy atom. The fraction of sp³-hybridized carbons (Fsp3) is 0.500. The molecule has 0 saturated carbocycles. The van der Waals surface area contributed by atoms with Crippen LogP contribution in [0.3, 0.4) is 0 Å². The standard InChI is InChI=1S/C14H19ClFNO/c1-14(2,3)17-7-6-12(18)9-10-8-11(16)4-5-13(10)15/h4-5,8,17H,6-7,9H2,1-3H3. The third-order valence-electron chi connectivity index (χ3n) is 2.45. The zero-order valence-corrected chi connectivity index (χ0v) is 11.8. The lowest BCUT2D eigenvalue weighted by molar-refractivity contribution is -0.118. The van der Waals surface area contributed by atoms with Gasteiger partial charge in [-0.05, 0) is 44.5 Å². The van der Waals surface area contributed by atoms with Gasteiger partial charge in [0.1, 0.15) is 11.6 Å². The van der Waals surface area contributed by atoms with E-state index in [1.807, 2.05) is 20.8 Å². The second-order valence-electron chi connectivity index (χ2n) is 5.38. The predicted molar refractivity (Wildman–Crippen MR) is 72.5 cm³/mol. The molecule has 1 N–H and O–H groups in total. The molecule has 0 aliphatic carbocycles. The molecule has 0 saturated heterocycles. The van der Waals surface area contributed by atoms with Gasteiger partial charge in [-0.25, -0.2) is 4.39 Å². The van der Waals surface area contributed by atoms with Crippen molar-refractivity contribution in [3.05, 3.63) is 34.6 Å². The van der Waals surface area contributed by atoms with Crippen LogP contribution in [0.4, 0.5) is 4.39 Å². The highest BCUT2D eigenvalue weighted by molar-refractivity contribution is 6.31. The summed E-state index contributed by atoms with van der Waals surface area (Å²) in [7, 11) is 0. The van der Waals surface area contributed by atoms with Gasteiger partial charge in [0.2, 0.25) is 0 Å². The molecule has 0 heterocycles. The van der Waals surface area contributed by atoms with Gasteiger partial charge >= 0.3 is 0 Å². The van der Waals surface area contributed by atoms with Crippen molar-refractivity contribution in [2.45, 2.75) is 39.2 Å². The molecule has 1 rings (SSSR count). The molecular weight excluding hydrogens is 253 g/mol. The number of hydrogen-bond donors (Lipinski definition) is 1. The highest BCUT2D eigenvalue weighted by Gasteiger charge is 2.11. The summed E-state index contributed by atoms with van der Waals surface area (Å²) >= 11 is 5.91. The summed E-state index contributed by atoms with van der Waals surface area (Å²) in [6, 6.07) is 4.09. The highest BCUT2D eigenvalue weighted by Crippen LogP contribution is 2.18. The maximum Gasteiger partial charge on any atom is 0.138 e. The molecule has 1 aromatic rings. The van der Waals surface area contributed by atoms with Crippen LogP contribution in [0.1, 0.15) is 32.8 Å². The first-order valence-electron chi connectivity index (χ1n) is 5.98. The maximum atomic E-state index is 13.0. The molecule has 1 aromatic carbocycles. The van der Waals surface area contributed by atoms with Crippen molar-refractivity contribution in [3.63, 3.8) is 0 Å². The fourth-order valence-electron chi connectivity index (χ4n) is 1.56. The van der Waals surface area contributed by atoms with Crippen molar-refractivity contribution in [1.29, 1.82) is 0 Å². The number of Topliss-reactive ketones (excluding diaryl/α,β-unsaturated/α-hetero) is 1. The molecule has 0 aliphatic rings. The van der Waals surface area contributed by atoms with Crippen LogP contribution in [0.5, 0.6) is 0 Å². The molecular formula is C14H19ClFNO. The van der Waals surface area contributed by atoms with Crippen molar-refractivity contribution in [3.8, 4) is 0 Å². The molecule has 18 heavy (non-hydrogen) atoms. The van der Waals surface area contributed by atoms with Crippen LogP contribution in [0.2, 0.25) is 5.02 Å². The van der Waals surface area contributed by atoms with Crippen LogP contribution in [0.15, 0.2) is 18.2 Å². The molecule has 0 spiro atoms. The van der Waals surface area contributed by atoms with Gasteiger partial charge in [0.25, 0.3) is 0 Å². The third-order valence-corrected chi connectivity index (χ3v) is 2.82. The Bertz CT molecular complexity index is 426. The van der Waals surface area contributed by atoms with Crippen LogP contribution >= 0.6 is 11.6 Å². The maximum absolute atomic E-state index is 13.0. The molecule has 0 amide bonds. The predicted octanol–water partition coefficient (Wildman–Crippen LogP) is 3.37. The summed E-state index contributed by atoms with van der Waals surface area (Å²) in [6.45, 7) is 6.75. The number of carbonyl (C=O) groups excluding carboxylic acids is 1. The first kappa shape index (κ1) is 15.1. The number of ketones is 1. The van der Waals surface area contributed by atoms with E-state index in [1.54, 1.807) is 0 Å². The lowest BCUT2D eigenvalue weighted by Crippen LogP contribution is -2.37. The molecule has 0 aliphatic heterocycles. The van der Waals surface area contributed by atoms with E-state index in [9.17, 15) is 9.18 Å². The number of halogens is 2. The SMILES string of the molecule is CC(C)(C)NCCC(=O)Cc1cc(F)ccc1Cl. The first-order chi connectivity index (χ1) is 8.28. The van der Waals surface area contributed by atoms with Gasteiger partial charge in [0.15, 0.2) is 0 Å². The lowest BCUT2D eigenvalue weighted by atomic mass is 10.1. The zero-order chi connectivity index (χ0) is 13.8. The Hall–Kier alpha value is -0.930. The Morgan fingerprint density at radius 2 is 2.06 bits per heavy atom. The van der Waals surface area contributed by atoms with Crippen LogP contribution < -0.4 is 5.32 Å². The number of nitrogens with one attached hydrogen (secondary N) is 1. The van der Waals surface area contributed by atoms with Crippen LogP contribution in [0.25, 0.3) is 0 Å². The van der Waals surface area contributed by atoms with E-state index in [4.69, 9.17) is 11.6 Å². The first-order valence-corrected chi connectivity index (χ1v) is 6.36. The highest BCUT2D eigenvalue weighted by atomic mass is 35.5. The van der Waals surface area contributed by atoms with Crippen molar-refractivity contribution < 1.29 is 9.18 Å². The van der Waals surface area contributed by atoms with E-state index in [-0.39, 0.29) is 23.6 Å². The molecule has 2 nitrogen and oxygen atoms in total. The number of benzene rings is 1. The minimum absolute atomic E-state index is 0.00319. The molecule has 0 radical (unpaired) electrons. The monoisotopic (exact) mass is 271 g/mol. The second-order valence-corrected chi connectivity index (χ2v) is 5.79. The summed E-state index contributed by atoms with van der Waals surface area (Å²) in [5.41, 5.74) is 0.550. The molecule has 0 unspecified atom stereocenters. The summed E-state index contributed by atoms with van der Waals surface area (Å²) in [6.07, 6.45) is 0.604. The summed E-state index contributed by atoms with van der Waals surface area (Å²) in [5.74, 6) is -0.311. The van der Waals surface area contributed by atoms with Crippen molar-refractivity contribution >= 4 is 17.4 Å². The molecule has 100 valence electrons. The van der Waals surface area contributed by atoms with Crippen molar-refractivity contribution in [2.24, 2.45) is 0 Å². The Kier molecular flexibility index (Phi) is 5.29. The topological polar surface area (TPSA) is 29.1 Å².